The summed E-state index contributed by atoms with van der Waals surface area (Å²) < 4.78 is 19.6. The second kappa shape index (κ2) is 13.2. The third-order valence-corrected chi connectivity index (χ3v) is 9.09. The van der Waals surface area contributed by atoms with Crippen LogP contribution >= 0.6 is 11.3 Å². The fourth-order valence-corrected chi connectivity index (χ4v) is 6.81. The number of para-hydroxylation sites is 1. The largest absolute Gasteiger partial charge is 0.497 e. The van der Waals surface area contributed by atoms with E-state index in [1.807, 2.05) is 42.5 Å². The summed E-state index contributed by atoms with van der Waals surface area (Å²) in [6, 6.07) is 17.8. The summed E-state index contributed by atoms with van der Waals surface area (Å²) in [5.74, 6) is -0.136. The van der Waals surface area contributed by atoms with Gasteiger partial charge in [-0.05, 0) is 47.0 Å². The molecule has 238 valence electrons. The van der Waals surface area contributed by atoms with Gasteiger partial charge in [-0.15, -0.1) is 6.58 Å². The number of nitrogens with zero attached hydrogens (tertiary/aromatic N) is 5. The number of nitrogen functional groups attached to an aromatic ring is 1. The van der Waals surface area contributed by atoms with E-state index in [2.05, 4.69) is 16.9 Å². The molecule has 0 saturated carbocycles. The molecule has 2 fully saturated rings. The number of carbonyl (C=O) groups excluding carboxylic acids is 3. The summed E-state index contributed by atoms with van der Waals surface area (Å²) >= 11 is 1.38. The lowest BCUT2D eigenvalue weighted by Gasteiger charge is -2.46. The summed E-state index contributed by atoms with van der Waals surface area (Å²) in [6.45, 7) is 4.43. The standard InChI is InChI=1S/C33H34FN7O4S/c1-3-15-39(33(44)36-17-22-7-11-24(34)12-8-22)40-20-29(42)41-26(16-21-9-13-25(45-2)14-10-21)31(43)38(19-28(40)41)18-23-5-4-6-27-30(23)37-32(35)46-27/h3-14,26,28H,1,15-20H2,2H3,(H2,35,37)(H,36,44)/t26-,28?/m0/s1. The number of urea groups is 1. The number of methoxy groups -OCH3 is 1. The summed E-state index contributed by atoms with van der Waals surface area (Å²) in [5, 5.41) is 6.45. The van der Waals surface area contributed by atoms with E-state index in [0.717, 1.165) is 26.9 Å². The number of hydrogen-bond acceptors (Lipinski definition) is 8. The molecule has 4 amide bonds. The van der Waals surface area contributed by atoms with E-state index < -0.39 is 18.2 Å². The number of thiazole rings is 1. The third-order valence-electron chi connectivity index (χ3n) is 8.24. The second-order valence-electron chi connectivity index (χ2n) is 11.1. The minimum Gasteiger partial charge on any atom is -0.497 e. The number of fused-ring (bicyclic) bond motifs is 2. The molecule has 2 saturated heterocycles. The quantitative estimate of drug-likeness (QED) is 0.252. The van der Waals surface area contributed by atoms with Crippen LogP contribution in [0.15, 0.2) is 79.4 Å². The Morgan fingerprint density at radius 2 is 1.89 bits per heavy atom. The molecule has 2 aliphatic rings. The van der Waals surface area contributed by atoms with Crippen molar-refractivity contribution in [1.82, 2.24) is 30.1 Å². The van der Waals surface area contributed by atoms with Crippen molar-refractivity contribution >= 4 is 44.5 Å². The van der Waals surface area contributed by atoms with Crippen LogP contribution in [-0.2, 0) is 29.1 Å². The van der Waals surface area contributed by atoms with Crippen LogP contribution in [0.1, 0.15) is 16.7 Å². The van der Waals surface area contributed by atoms with E-state index in [0.29, 0.717) is 10.9 Å². The number of piperazine rings is 1. The molecule has 2 aliphatic heterocycles. The number of carbonyl (C=O) groups is 3. The van der Waals surface area contributed by atoms with Crippen LogP contribution in [0, 0.1) is 5.82 Å². The van der Waals surface area contributed by atoms with E-state index in [1.54, 1.807) is 40.1 Å². The van der Waals surface area contributed by atoms with Crippen LogP contribution in [0.2, 0.25) is 0 Å². The molecule has 3 heterocycles. The molecule has 0 radical (unpaired) electrons. The normalized spacial score (nSPS) is 18.1. The maximum atomic E-state index is 14.2. The molecule has 6 rings (SSSR count). The highest BCUT2D eigenvalue weighted by atomic mass is 32.1. The summed E-state index contributed by atoms with van der Waals surface area (Å²) in [4.78, 5) is 49.3. The first-order valence-corrected chi connectivity index (χ1v) is 15.6. The zero-order chi connectivity index (χ0) is 32.4. The molecule has 11 nitrogen and oxygen atoms in total. The molecule has 13 heteroatoms. The van der Waals surface area contributed by atoms with Crippen LogP contribution in [0.25, 0.3) is 10.2 Å². The fourth-order valence-electron chi connectivity index (χ4n) is 6.03. The SMILES string of the molecule is C=CCN(C(=O)NCc1ccc(F)cc1)N1CC(=O)N2C1CN(Cc1cccc3sc(N)nc13)C(=O)[C@@H]2Cc1ccc(OC)cc1. The Morgan fingerprint density at radius 1 is 1.15 bits per heavy atom. The number of rotatable bonds is 10. The Hall–Kier alpha value is -5.01. The van der Waals surface area contributed by atoms with Crippen LogP contribution in [0.3, 0.4) is 0 Å². The number of ether oxygens (including phenoxy) is 1. The Bertz CT molecular complexity index is 1760. The Labute approximate surface area is 269 Å². The smallest absolute Gasteiger partial charge is 0.332 e. The van der Waals surface area contributed by atoms with E-state index in [9.17, 15) is 18.8 Å². The van der Waals surface area contributed by atoms with E-state index in [4.69, 9.17) is 10.5 Å². The third kappa shape index (κ3) is 6.24. The average Bonchev–Trinajstić information content (AvgIpc) is 3.60. The van der Waals surface area contributed by atoms with Gasteiger partial charge in [-0.3, -0.25) is 14.6 Å². The van der Waals surface area contributed by atoms with Crippen LogP contribution < -0.4 is 15.8 Å². The molecule has 0 spiro atoms. The zero-order valence-corrected chi connectivity index (χ0v) is 26.1. The second-order valence-corrected chi connectivity index (χ2v) is 12.2. The predicted octanol–water partition coefficient (Wildman–Crippen LogP) is 3.76. The number of hydrogen-bond donors (Lipinski definition) is 2. The van der Waals surface area contributed by atoms with Crippen molar-refractivity contribution in [3.63, 3.8) is 0 Å². The topological polar surface area (TPSA) is 124 Å². The summed E-state index contributed by atoms with van der Waals surface area (Å²) in [6.07, 6.45) is 1.24. The Balaban J connectivity index is 1.31. The number of anilines is 1. The number of benzene rings is 3. The van der Waals surface area contributed by atoms with Gasteiger partial charge in [0, 0.05) is 19.5 Å². The highest BCUT2D eigenvalue weighted by Crippen LogP contribution is 2.32. The van der Waals surface area contributed by atoms with Gasteiger partial charge in [0.2, 0.25) is 11.8 Å². The maximum absolute atomic E-state index is 14.2. The number of nitrogens with one attached hydrogen (secondary N) is 1. The van der Waals surface area contributed by atoms with Gasteiger partial charge < -0.3 is 25.6 Å². The Kier molecular flexibility index (Phi) is 8.86. The molecule has 1 aromatic heterocycles. The van der Waals surface area contributed by atoms with E-state index in [1.165, 1.54) is 28.5 Å². The molecule has 46 heavy (non-hydrogen) atoms. The minimum absolute atomic E-state index is 0.0963. The summed E-state index contributed by atoms with van der Waals surface area (Å²) in [5.41, 5.74) is 9.17. The highest BCUT2D eigenvalue weighted by Gasteiger charge is 2.52. The van der Waals surface area contributed by atoms with Crippen molar-refractivity contribution in [2.75, 3.05) is 32.5 Å². The number of aromatic nitrogens is 1. The zero-order valence-electron chi connectivity index (χ0n) is 25.3. The van der Waals surface area contributed by atoms with Gasteiger partial charge >= 0.3 is 6.03 Å². The molecular formula is C33H34FN7O4S. The van der Waals surface area contributed by atoms with Gasteiger partial charge in [0.05, 0.1) is 37.0 Å². The van der Waals surface area contributed by atoms with Crippen LogP contribution in [0.5, 0.6) is 5.75 Å². The molecule has 0 aliphatic carbocycles. The number of nitrogens with two attached hydrogens (primary N) is 1. The Morgan fingerprint density at radius 3 is 2.61 bits per heavy atom. The van der Waals surface area contributed by atoms with Crippen LogP contribution in [0.4, 0.5) is 14.3 Å². The molecule has 1 unspecified atom stereocenters. The van der Waals surface area contributed by atoms with Gasteiger partial charge in [-0.2, -0.15) is 5.01 Å². The van der Waals surface area contributed by atoms with Crippen molar-refractivity contribution in [3.8, 4) is 5.75 Å². The minimum atomic E-state index is -0.808. The van der Waals surface area contributed by atoms with Gasteiger partial charge in [-0.25, -0.2) is 14.2 Å². The van der Waals surface area contributed by atoms with Crippen molar-refractivity contribution < 1.29 is 23.5 Å². The van der Waals surface area contributed by atoms with Crippen molar-refractivity contribution in [2.24, 2.45) is 0 Å². The molecule has 3 aromatic carbocycles. The first-order chi connectivity index (χ1) is 22.2. The van der Waals surface area contributed by atoms with Gasteiger partial charge in [-0.1, -0.05) is 53.8 Å². The van der Waals surface area contributed by atoms with Crippen molar-refractivity contribution in [3.05, 3.63) is 102 Å². The van der Waals surface area contributed by atoms with Crippen molar-refractivity contribution in [1.29, 1.82) is 0 Å². The lowest BCUT2D eigenvalue weighted by Crippen LogP contribution is -2.66. The number of hydrazine groups is 1. The first kappa shape index (κ1) is 31.0. The fraction of sp³-hybridized carbons (Fsp3) is 0.273. The highest BCUT2D eigenvalue weighted by molar-refractivity contribution is 7.22. The van der Waals surface area contributed by atoms with Crippen LogP contribution in [-0.4, -0.2) is 81.6 Å². The average molecular weight is 644 g/mol. The lowest BCUT2D eigenvalue weighted by molar-refractivity contribution is -0.157. The van der Waals surface area contributed by atoms with Gasteiger partial charge in [0.1, 0.15) is 23.8 Å². The van der Waals surface area contributed by atoms with Gasteiger partial charge in [0.25, 0.3) is 0 Å². The van der Waals surface area contributed by atoms with Gasteiger partial charge in [0.15, 0.2) is 5.13 Å². The number of halogens is 1. The van der Waals surface area contributed by atoms with Crippen molar-refractivity contribution in [2.45, 2.75) is 31.7 Å². The van der Waals surface area contributed by atoms with E-state index in [-0.39, 0.29) is 56.8 Å². The first-order valence-electron chi connectivity index (χ1n) is 14.8. The molecule has 3 N–H and O–H groups in total. The molecular weight excluding hydrogens is 609 g/mol. The number of amides is 4. The molecule has 0 bridgehead atoms. The maximum Gasteiger partial charge on any atom is 0.332 e. The molecule has 4 aromatic rings. The molecule has 2 atom stereocenters. The predicted molar refractivity (Wildman–Crippen MR) is 173 cm³/mol. The lowest BCUT2D eigenvalue weighted by atomic mass is 9.99. The summed E-state index contributed by atoms with van der Waals surface area (Å²) in [7, 11) is 1.58. The monoisotopic (exact) mass is 643 g/mol. The van der Waals surface area contributed by atoms with E-state index >= 15 is 0 Å².